The summed E-state index contributed by atoms with van der Waals surface area (Å²) in [5, 5.41) is 0. The number of amides is 1. The first-order valence-corrected chi connectivity index (χ1v) is 12.8. The number of carbonyl (C=O) groups excluding carboxylic acids is 2. The molecule has 33 heavy (non-hydrogen) atoms. The molecule has 2 atom stereocenters. The topological polar surface area (TPSA) is 46.6 Å². The molecule has 2 aliphatic rings. The van der Waals surface area contributed by atoms with Crippen molar-refractivity contribution in [2.45, 2.75) is 89.8 Å². The van der Waals surface area contributed by atoms with E-state index in [0.29, 0.717) is 6.61 Å². The van der Waals surface area contributed by atoms with Crippen molar-refractivity contribution >= 4 is 11.9 Å². The SMILES string of the molecule is CCCCCCc1ccc(C(=O)C2CC3CCCC(C2)N3C(=O)OCc2ccccc2)cc1. The van der Waals surface area contributed by atoms with Crippen LogP contribution in [0.1, 0.15) is 86.2 Å². The van der Waals surface area contributed by atoms with Crippen LogP contribution in [0.15, 0.2) is 54.6 Å². The fraction of sp³-hybridized carbons (Fsp3) is 0.517. The number of ketones is 1. The van der Waals surface area contributed by atoms with Crippen molar-refractivity contribution in [2.75, 3.05) is 0 Å². The number of ether oxygens (including phenoxy) is 1. The molecule has 2 aromatic rings. The first-order valence-electron chi connectivity index (χ1n) is 12.8. The number of benzene rings is 2. The van der Waals surface area contributed by atoms with E-state index >= 15 is 0 Å². The predicted octanol–water partition coefficient (Wildman–Crippen LogP) is 6.96. The Bertz CT molecular complexity index is 894. The third kappa shape index (κ3) is 6.04. The van der Waals surface area contributed by atoms with Gasteiger partial charge in [0.1, 0.15) is 6.61 Å². The van der Waals surface area contributed by atoms with E-state index < -0.39 is 0 Å². The van der Waals surface area contributed by atoms with Gasteiger partial charge in [-0.2, -0.15) is 0 Å². The number of piperidine rings is 2. The lowest BCUT2D eigenvalue weighted by Crippen LogP contribution is -2.55. The highest BCUT2D eigenvalue weighted by atomic mass is 16.6. The van der Waals surface area contributed by atoms with Crippen molar-refractivity contribution in [3.63, 3.8) is 0 Å². The smallest absolute Gasteiger partial charge is 0.410 e. The summed E-state index contributed by atoms with van der Waals surface area (Å²) < 4.78 is 5.65. The summed E-state index contributed by atoms with van der Waals surface area (Å²) >= 11 is 0. The highest BCUT2D eigenvalue weighted by molar-refractivity contribution is 5.98. The number of nitrogens with zero attached hydrogens (tertiary/aromatic N) is 1. The molecule has 0 radical (unpaired) electrons. The molecule has 4 heteroatoms. The van der Waals surface area contributed by atoms with Gasteiger partial charge in [0, 0.05) is 23.6 Å². The average Bonchev–Trinajstić information content (AvgIpc) is 2.85. The number of carbonyl (C=O) groups is 2. The number of rotatable bonds is 9. The molecule has 4 rings (SSSR count). The molecule has 2 fully saturated rings. The van der Waals surface area contributed by atoms with Crippen LogP contribution < -0.4 is 0 Å². The number of Topliss-reactive ketones (excluding diaryl/α,β-unsaturated/α-hetero) is 1. The second-order valence-corrected chi connectivity index (χ2v) is 9.73. The van der Waals surface area contributed by atoms with Crippen LogP contribution in [0.5, 0.6) is 0 Å². The van der Waals surface area contributed by atoms with Crippen molar-refractivity contribution in [2.24, 2.45) is 5.92 Å². The summed E-state index contributed by atoms with van der Waals surface area (Å²) in [4.78, 5) is 28.1. The Hall–Kier alpha value is -2.62. The van der Waals surface area contributed by atoms with E-state index in [1.54, 1.807) is 0 Å². The number of unbranched alkanes of at least 4 members (excludes halogenated alkanes) is 3. The lowest BCUT2D eigenvalue weighted by Gasteiger charge is -2.47. The van der Waals surface area contributed by atoms with Crippen LogP contribution in [0.3, 0.4) is 0 Å². The average molecular weight is 448 g/mol. The van der Waals surface area contributed by atoms with Gasteiger partial charge in [-0.25, -0.2) is 4.79 Å². The highest BCUT2D eigenvalue weighted by Crippen LogP contribution is 2.38. The van der Waals surface area contributed by atoms with E-state index in [4.69, 9.17) is 4.74 Å². The Labute approximate surface area is 198 Å². The molecule has 176 valence electrons. The molecule has 2 bridgehead atoms. The molecule has 0 spiro atoms. The van der Waals surface area contributed by atoms with Crippen LogP contribution in [0.4, 0.5) is 4.79 Å². The number of aryl methyl sites for hydroxylation is 1. The summed E-state index contributed by atoms with van der Waals surface area (Å²) in [6.07, 6.45) is 10.4. The molecule has 2 heterocycles. The van der Waals surface area contributed by atoms with Gasteiger partial charge < -0.3 is 9.64 Å². The maximum atomic E-state index is 13.3. The highest BCUT2D eigenvalue weighted by Gasteiger charge is 2.43. The first kappa shape index (κ1) is 23.5. The molecular weight excluding hydrogens is 410 g/mol. The van der Waals surface area contributed by atoms with E-state index in [9.17, 15) is 9.59 Å². The van der Waals surface area contributed by atoms with Gasteiger partial charge in [-0.05, 0) is 56.1 Å². The first-order chi connectivity index (χ1) is 16.2. The minimum Gasteiger partial charge on any atom is -0.445 e. The maximum Gasteiger partial charge on any atom is 0.410 e. The second-order valence-electron chi connectivity index (χ2n) is 9.73. The fourth-order valence-corrected chi connectivity index (χ4v) is 5.51. The van der Waals surface area contributed by atoms with E-state index in [1.165, 1.54) is 31.2 Å². The number of fused-ring (bicyclic) bond motifs is 2. The van der Waals surface area contributed by atoms with Gasteiger partial charge in [0.15, 0.2) is 5.78 Å². The molecule has 0 saturated carbocycles. The van der Waals surface area contributed by atoms with E-state index in [0.717, 1.165) is 49.7 Å². The Kier molecular flexibility index (Phi) is 8.20. The summed E-state index contributed by atoms with van der Waals surface area (Å²) in [5.41, 5.74) is 3.13. The normalized spacial score (nSPS) is 22.1. The van der Waals surface area contributed by atoms with Gasteiger partial charge in [0.25, 0.3) is 0 Å². The Morgan fingerprint density at radius 2 is 1.58 bits per heavy atom. The van der Waals surface area contributed by atoms with Gasteiger partial charge in [0.05, 0.1) is 0 Å². The zero-order valence-electron chi connectivity index (χ0n) is 19.9. The van der Waals surface area contributed by atoms with Crippen LogP contribution in [0, 0.1) is 5.92 Å². The van der Waals surface area contributed by atoms with Gasteiger partial charge in [-0.1, -0.05) is 80.8 Å². The molecule has 2 unspecified atom stereocenters. The quantitative estimate of drug-likeness (QED) is 0.308. The number of hydrogen-bond donors (Lipinski definition) is 0. The largest absolute Gasteiger partial charge is 0.445 e. The zero-order chi connectivity index (χ0) is 23.0. The molecule has 2 aliphatic heterocycles. The molecule has 2 aromatic carbocycles. The van der Waals surface area contributed by atoms with Gasteiger partial charge >= 0.3 is 6.09 Å². The zero-order valence-corrected chi connectivity index (χ0v) is 19.9. The third-order valence-electron chi connectivity index (χ3n) is 7.32. The van der Waals surface area contributed by atoms with E-state index in [1.807, 2.05) is 47.4 Å². The fourth-order valence-electron chi connectivity index (χ4n) is 5.51. The van der Waals surface area contributed by atoms with E-state index in [2.05, 4.69) is 19.1 Å². The second kappa shape index (κ2) is 11.5. The van der Waals surface area contributed by atoms with Gasteiger partial charge in [0.2, 0.25) is 0 Å². The van der Waals surface area contributed by atoms with Crippen LogP contribution in [0.25, 0.3) is 0 Å². The van der Waals surface area contributed by atoms with Crippen molar-refractivity contribution in [3.05, 3.63) is 71.3 Å². The van der Waals surface area contributed by atoms with Crippen LogP contribution in [0.2, 0.25) is 0 Å². The lowest BCUT2D eigenvalue weighted by atomic mass is 9.76. The Morgan fingerprint density at radius 3 is 2.24 bits per heavy atom. The molecule has 2 saturated heterocycles. The Morgan fingerprint density at radius 1 is 0.879 bits per heavy atom. The van der Waals surface area contributed by atoms with Gasteiger partial charge in [-0.3, -0.25) is 4.79 Å². The lowest BCUT2D eigenvalue weighted by molar-refractivity contribution is 0.00473. The van der Waals surface area contributed by atoms with Crippen LogP contribution >= 0.6 is 0 Å². The van der Waals surface area contributed by atoms with Gasteiger partial charge in [-0.15, -0.1) is 0 Å². The number of hydrogen-bond acceptors (Lipinski definition) is 3. The minimum absolute atomic E-state index is 0.00567. The molecule has 0 N–H and O–H groups in total. The monoisotopic (exact) mass is 447 g/mol. The van der Waals surface area contributed by atoms with Crippen molar-refractivity contribution in [1.29, 1.82) is 0 Å². The summed E-state index contributed by atoms with van der Waals surface area (Å²) in [6, 6.07) is 18.3. The summed E-state index contributed by atoms with van der Waals surface area (Å²) in [7, 11) is 0. The summed E-state index contributed by atoms with van der Waals surface area (Å²) in [6.45, 7) is 2.52. The standard InChI is InChI=1S/C29H37NO3/c1-2-3-4-6-10-22-15-17-24(18-16-22)28(31)25-19-26-13-9-14-27(20-25)30(26)29(32)33-21-23-11-7-5-8-12-23/h5,7-8,11-12,15-18,25-27H,2-4,6,9-10,13-14,19-21H2,1H3. The Balaban J connectivity index is 1.34. The van der Waals surface area contributed by atoms with Crippen molar-refractivity contribution in [1.82, 2.24) is 4.90 Å². The molecule has 0 aliphatic carbocycles. The molecule has 0 aromatic heterocycles. The third-order valence-corrected chi connectivity index (χ3v) is 7.32. The predicted molar refractivity (Wildman–Crippen MR) is 131 cm³/mol. The molecular formula is C29H37NO3. The van der Waals surface area contributed by atoms with Crippen LogP contribution in [-0.2, 0) is 17.8 Å². The molecule has 4 nitrogen and oxygen atoms in total. The minimum atomic E-state index is -0.230. The van der Waals surface area contributed by atoms with Crippen LogP contribution in [-0.4, -0.2) is 28.9 Å². The van der Waals surface area contributed by atoms with Crippen molar-refractivity contribution < 1.29 is 14.3 Å². The molecule has 1 amide bonds. The van der Waals surface area contributed by atoms with E-state index in [-0.39, 0.29) is 29.9 Å². The summed E-state index contributed by atoms with van der Waals surface area (Å²) in [5.74, 6) is 0.232. The maximum absolute atomic E-state index is 13.3. The van der Waals surface area contributed by atoms with Crippen molar-refractivity contribution in [3.8, 4) is 0 Å².